The van der Waals surface area contributed by atoms with E-state index in [1.165, 1.54) is 0 Å². The predicted molar refractivity (Wildman–Crippen MR) is 56.2 cm³/mol. The van der Waals surface area contributed by atoms with E-state index in [1.807, 2.05) is 25.1 Å². The smallest absolute Gasteiger partial charge is 0.123 e. The van der Waals surface area contributed by atoms with E-state index in [1.54, 1.807) is 6.20 Å². The monoisotopic (exact) mass is 226 g/mol. The first kappa shape index (κ1) is 9.26. The maximum Gasteiger partial charge on any atom is 0.123 e. The van der Waals surface area contributed by atoms with E-state index >= 15 is 0 Å². The lowest BCUT2D eigenvalue weighted by Crippen LogP contribution is -1.91. The van der Waals surface area contributed by atoms with Crippen LogP contribution in [-0.4, -0.2) is 10.3 Å². The highest BCUT2D eigenvalue weighted by atomic mass is 79.9. The van der Waals surface area contributed by atoms with Gasteiger partial charge < -0.3 is 5.73 Å². The summed E-state index contributed by atoms with van der Waals surface area (Å²) in [5.41, 5.74) is 7.78. The molecule has 3 heteroatoms. The molecular weight excluding hydrogens is 216 g/mol. The summed E-state index contributed by atoms with van der Waals surface area (Å²) in [5, 5.41) is 0.858. The SMILES string of the molecule is Cc1cc(N)ncc1C=CCBr. The van der Waals surface area contributed by atoms with Crippen molar-refractivity contribution in [2.24, 2.45) is 0 Å². The Bertz CT molecular complexity index is 295. The van der Waals surface area contributed by atoms with Crippen LogP contribution in [0.4, 0.5) is 5.82 Å². The van der Waals surface area contributed by atoms with Crippen molar-refractivity contribution in [3.63, 3.8) is 0 Å². The number of halogens is 1. The van der Waals surface area contributed by atoms with E-state index < -0.39 is 0 Å². The summed E-state index contributed by atoms with van der Waals surface area (Å²) in [6, 6.07) is 1.87. The summed E-state index contributed by atoms with van der Waals surface area (Å²) >= 11 is 3.31. The Morgan fingerprint density at radius 2 is 2.42 bits per heavy atom. The van der Waals surface area contributed by atoms with Crippen molar-refractivity contribution in [2.75, 3.05) is 11.1 Å². The Kier molecular flexibility index (Phi) is 3.29. The quantitative estimate of drug-likeness (QED) is 0.787. The van der Waals surface area contributed by atoms with Gasteiger partial charge in [0, 0.05) is 11.5 Å². The molecule has 0 saturated heterocycles. The second kappa shape index (κ2) is 4.26. The number of allylic oxidation sites excluding steroid dienone is 1. The zero-order chi connectivity index (χ0) is 8.97. The minimum atomic E-state index is 0.573. The third-order valence-corrected chi connectivity index (χ3v) is 1.93. The zero-order valence-corrected chi connectivity index (χ0v) is 8.51. The largest absolute Gasteiger partial charge is 0.384 e. The van der Waals surface area contributed by atoms with E-state index in [0.717, 1.165) is 16.5 Å². The van der Waals surface area contributed by atoms with Gasteiger partial charge in [-0.2, -0.15) is 0 Å². The lowest BCUT2D eigenvalue weighted by Gasteiger charge is -1.99. The number of pyridine rings is 1. The van der Waals surface area contributed by atoms with Crippen LogP contribution in [-0.2, 0) is 0 Å². The molecule has 0 aliphatic rings. The molecule has 0 spiro atoms. The molecule has 0 aromatic carbocycles. The summed E-state index contributed by atoms with van der Waals surface area (Å²) in [6.07, 6.45) is 5.83. The van der Waals surface area contributed by atoms with E-state index in [-0.39, 0.29) is 0 Å². The predicted octanol–water partition coefficient (Wildman–Crippen LogP) is 2.38. The number of rotatable bonds is 2. The van der Waals surface area contributed by atoms with Gasteiger partial charge in [-0.3, -0.25) is 0 Å². The van der Waals surface area contributed by atoms with Crippen LogP contribution in [0.5, 0.6) is 0 Å². The molecular formula is C9H11BrN2. The number of nitrogens with two attached hydrogens (primary N) is 1. The van der Waals surface area contributed by atoms with Gasteiger partial charge in [0.15, 0.2) is 0 Å². The Hall–Kier alpha value is -0.830. The molecule has 0 amide bonds. The summed E-state index contributed by atoms with van der Waals surface area (Å²) < 4.78 is 0. The van der Waals surface area contributed by atoms with E-state index in [2.05, 4.69) is 20.9 Å². The number of anilines is 1. The number of hydrogen-bond acceptors (Lipinski definition) is 2. The number of hydrogen-bond donors (Lipinski definition) is 1. The first-order valence-corrected chi connectivity index (χ1v) is 4.81. The summed E-state index contributed by atoms with van der Waals surface area (Å²) in [5.74, 6) is 0.573. The van der Waals surface area contributed by atoms with E-state index in [0.29, 0.717) is 5.82 Å². The Morgan fingerprint density at radius 3 is 3.00 bits per heavy atom. The molecule has 1 rings (SSSR count). The van der Waals surface area contributed by atoms with E-state index in [4.69, 9.17) is 5.73 Å². The Morgan fingerprint density at radius 1 is 1.67 bits per heavy atom. The van der Waals surface area contributed by atoms with Crippen LogP contribution in [0.15, 0.2) is 18.3 Å². The molecule has 0 aliphatic heterocycles. The maximum absolute atomic E-state index is 5.51. The molecule has 0 fully saturated rings. The minimum absolute atomic E-state index is 0.573. The second-order valence-corrected chi connectivity index (χ2v) is 3.17. The molecule has 0 bridgehead atoms. The number of alkyl halides is 1. The summed E-state index contributed by atoms with van der Waals surface area (Å²) in [6.45, 7) is 2.02. The van der Waals surface area contributed by atoms with Crippen LogP contribution in [0.25, 0.3) is 6.08 Å². The van der Waals surface area contributed by atoms with Gasteiger partial charge in [-0.1, -0.05) is 28.1 Å². The third-order valence-electron chi connectivity index (χ3n) is 1.56. The lowest BCUT2D eigenvalue weighted by atomic mass is 10.1. The standard InChI is InChI=1S/C9H11BrN2/c1-7-5-9(11)12-6-8(7)3-2-4-10/h2-3,5-6H,4H2,1H3,(H2,11,12). The average Bonchev–Trinajstić information content (AvgIpc) is 2.03. The third kappa shape index (κ3) is 2.34. The fourth-order valence-electron chi connectivity index (χ4n) is 0.934. The van der Waals surface area contributed by atoms with Gasteiger partial charge in [0.05, 0.1) is 0 Å². The van der Waals surface area contributed by atoms with Crippen LogP contribution in [0, 0.1) is 6.92 Å². The molecule has 0 saturated carbocycles. The van der Waals surface area contributed by atoms with Gasteiger partial charge in [0.1, 0.15) is 5.82 Å². The normalized spacial score (nSPS) is 10.8. The Balaban J connectivity index is 2.94. The van der Waals surface area contributed by atoms with Gasteiger partial charge in [-0.25, -0.2) is 4.98 Å². The number of aromatic nitrogens is 1. The second-order valence-electron chi connectivity index (χ2n) is 2.52. The summed E-state index contributed by atoms with van der Waals surface area (Å²) in [4.78, 5) is 4.00. The first-order valence-electron chi connectivity index (χ1n) is 3.68. The molecule has 1 aromatic rings. The maximum atomic E-state index is 5.51. The fourth-order valence-corrected chi connectivity index (χ4v) is 1.12. The van der Waals surface area contributed by atoms with Crippen molar-refractivity contribution in [3.8, 4) is 0 Å². The molecule has 0 unspecified atom stereocenters. The molecule has 2 N–H and O–H groups in total. The van der Waals surface area contributed by atoms with Crippen molar-refractivity contribution >= 4 is 27.8 Å². The average molecular weight is 227 g/mol. The Labute approximate surface area is 80.6 Å². The van der Waals surface area contributed by atoms with Crippen LogP contribution >= 0.6 is 15.9 Å². The zero-order valence-electron chi connectivity index (χ0n) is 6.92. The van der Waals surface area contributed by atoms with Crippen LogP contribution in [0.2, 0.25) is 0 Å². The fraction of sp³-hybridized carbons (Fsp3) is 0.222. The molecule has 0 aliphatic carbocycles. The van der Waals surface area contributed by atoms with Crippen LogP contribution < -0.4 is 5.73 Å². The lowest BCUT2D eigenvalue weighted by molar-refractivity contribution is 1.28. The molecule has 0 atom stereocenters. The van der Waals surface area contributed by atoms with Crippen molar-refractivity contribution in [1.82, 2.24) is 4.98 Å². The van der Waals surface area contributed by atoms with Crippen LogP contribution in [0.3, 0.4) is 0 Å². The highest BCUT2D eigenvalue weighted by Gasteiger charge is 1.94. The highest BCUT2D eigenvalue weighted by Crippen LogP contribution is 2.10. The van der Waals surface area contributed by atoms with Gasteiger partial charge >= 0.3 is 0 Å². The molecule has 1 heterocycles. The minimum Gasteiger partial charge on any atom is -0.384 e. The van der Waals surface area contributed by atoms with Crippen LogP contribution in [0.1, 0.15) is 11.1 Å². The van der Waals surface area contributed by atoms with Crippen molar-refractivity contribution < 1.29 is 0 Å². The molecule has 64 valence electrons. The van der Waals surface area contributed by atoms with Gasteiger partial charge in [0.2, 0.25) is 0 Å². The summed E-state index contributed by atoms with van der Waals surface area (Å²) in [7, 11) is 0. The number of nitrogens with zero attached hydrogens (tertiary/aromatic N) is 1. The van der Waals surface area contributed by atoms with Crippen molar-refractivity contribution in [3.05, 3.63) is 29.5 Å². The molecule has 0 radical (unpaired) electrons. The highest BCUT2D eigenvalue weighted by molar-refractivity contribution is 9.09. The van der Waals surface area contributed by atoms with E-state index in [9.17, 15) is 0 Å². The number of aryl methyl sites for hydroxylation is 1. The first-order chi connectivity index (χ1) is 5.74. The molecule has 12 heavy (non-hydrogen) atoms. The number of nitrogen functional groups attached to an aromatic ring is 1. The van der Waals surface area contributed by atoms with Gasteiger partial charge in [-0.15, -0.1) is 0 Å². The van der Waals surface area contributed by atoms with Gasteiger partial charge in [0.25, 0.3) is 0 Å². The van der Waals surface area contributed by atoms with Crippen molar-refractivity contribution in [2.45, 2.75) is 6.92 Å². The molecule has 1 aromatic heterocycles. The molecule has 2 nitrogen and oxygen atoms in total. The van der Waals surface area contributed by atoms with Gasteiger partial charge in [-0.05, 0) is 24.1 Å². The van der Waals surface area contributed by atoms with Crippen molar-refractivity contribution in [1.29, 1.82) is 0 Å². The topological polar surface area (TPSA) is 38.9 Å².